The predicted molar refractivity (Wildman–Crippen MR) is 137 cm³/mol. The molecule has 1 aromatic heterocycles. The molecule has 0 aliphatic rings. The lowest BCUT2D eigenvalue weighted by atomic mass is 9.93. The van der Waals surface area contributed by atoms with E-state index in [0.717, 1.165) is 27.7 Å². The predicted octanol–water partition coefficient (Wildman–Crippen LogP) is 6.45. The molecular weight excluding hydrogens is 441 g/mol. The van der Waals surface area contributed by atoms with Crippen molar-refractivity contribution in [1.82, 2.24) is 15.1 Å². The quantitative estimate of drug-likeness (QED) is 0.350. The van der Waals surface area contributed by atoms with Crippen LogP contribution in [-0.2, 0) is 4.79 Å². The zero-order valence-electron chi connectivity index (χ0n) is 21.1. The van der Waals surface area contributed by atoms with E-state index < -0.39 is 5.41 Å². The number of amides is 1. The van der Waals surface area contributed by atoms with Crippen LogP contribution in [0.1, 0.15) is 50.5 Å². The highest BCUT2D eigenvalue weighted by Gasteiger charge is 2.29. The fourth-order valence-electron chi connectivity index (χ4n) is 4.10. The van der Waals surface area contributed by atoms with Gasteiger partial charge >= 0.3 is 0 Å². The molecule has 4 rings (SSSR count). The molecule has 0 bridgehead atoms. The Hall–Kier alpha value is -3.67. The molecule has 3 aromatic carbocycles. The summed E-state index contributed by atoms with van der Waals surface area (Å²) in [5, 5.41) is 8.52. The monoisotopic (exact) mass is 473 g/mol. The number of nitrogens with one attached hydrogen (secondary N) is 1. The minimum absolute atomic E-state index is 0.0283. The fraction of sp³-hybridized carbons (Fsp3) is 0.310. The zero-order chi connectivity index (χ0) is 25.3. The number of aryl methyl sites for hydroxylation is 2. The summed E-state index contributed by atoms with van der Waals surface area (Å²) in [5.74, 6) is 0.364. The van der Waals surface area contributed by atoms with E-state index in [9.17, 15) is 9.18 Å². The highest BCUT2D eigenvalue weighted by molar-refractivity contribution is 5.82. The second-order valence-electron chi connectivity index (χ2n) is 10.2. The molecule has 2 unspecified atom stereocenters. The molecule has 182 valence electrons. The molecule has 1 heterocycles. The number of halogens is 1. The van der Waals surface area contributed by atoms with Crippen LogP contribution in [0.3, 0.4) is 0 Å². The molecule has 0 saturated carbocycles. The third kappa shape index (κ3) is 5.37. The van der Waals surface area contributed by atoms with Crippen LogP contribution in [0.2, 0.25) is 0 Å². The molecule has 0 aliphatic heterocycles. The van der Waals surface area contributed by atoms with Crippen LogP contribution in [0, 0.1) is 25.1 Å². The van der Waals surface area contributed by atoms with Crippen molar-refractivity contribution in [3.8, 4) is 11.4 Å². The molecule has 2 atom stereocenters. The summed E-state index contributed by atoms with van der Waals surface area (Å²) in [6.07, 6.45) is 1.38. The molecule has 0 saturated heterocycles. The summed E-state index contributed by atoms with van der Waals surface area (Å²) in [6.45, 7) is 11.8. The second-order valence-corrected chi connectivity index (χ2v) is 10.2. The van der Waals surface area contributed by atoms with Gasteiger partial charge in [-0.05, 0) is 74.4 Å². The first-order valence-corrected chi connectivity index (χ1v) is 11.8. The van der Waals surface area contributed by atoms with Gasteiger partial charge in [0.25, 0.3) is 0 Å². The molecule has 6 heteroatoms. The maximum absolute atomic E-state index is 13.3. The topological polar surface area (TPSA) is 56.1 Å². The SMILES string of the molecule is Cc1ccc(C(Oc2ccc3c(cnn3-c3ccc(F)cc3)c2)C(C)NC(=O)C(C)(C)C)c(C)c1. The molecule has 0 fully saturated rings. The van der Waals surface area contributed by atoms with E-state index in [4.69, 9.17) is 4.74 Å². The Morgan fingerprint density at radius 3 is 2.40 bits per heavy atom. The first-order chi connectivity index (χ1) is 16.5. The molecular formula is C29H32FN3O2. The summed E-state index contributed by atoms with van der Waals surface area (Å²) in [6, 6.07) is 18.0. The molecule has 1 amide bonds. The minimum Gasteiger partial charge on any atom is -0.484 e. The minimum atomic E-state index is -0.505. The number of aromatic nitrogens is 2. The zero-order valence-corrected chi connectivity index (χ0v) is 21.1. The fourth-order valence-corrected chi connectivity index (χ4v) is 4.10. The van der Waals surface area contributed by atoms with Crippen LogP contribution in [0.4, 0.5) is 4.39 Å². The van der Waals surface area contributed by atoms with Gasteiger partial charge in [0, 0.05) is 10.8 Å². The van der Waals surface area contributed by atoms with Crippen molar-refractivity contribution in [2.24, 2.45) is 5.41 Å². The highest BCUT2D eigenvalue weighted by atomic mass is 19.1. The van der Waals surface area contributed by atoms with Gasteiger partial charge in [0.2, 0.25) is 5.91 Å². The number of carbonyl (C=O) groups is 1. The van der Waals surface area contributed by atoms with Gasteiger partial charge in [0.05, 0.1) is 23.4 Å². The van der Waals surface area contributed by atoms with Gasteiger partial charge in [-0.25, -0.2) is 9.07 Å². The Labute approximate surface area is 205 Å². The number of hydrogen-bond acceptors (Lipinski definition) is 3. The number of benzene rings is 3. The summed E-state index contributed by atoms with van der Waals surface area (Å²) in [5.41, 5.74) is 4.47. The molecule has 1 N–H and O–H groups in total. The number of fused-ring (bicyclic) bond motifs is 1. The van der Waals surface area contributed by atoms with Crippen LogP contribution in [0.15, 0.2) is 66.9 Å². The summed E-state index contributed by atoms with van der Waals surface area (Å²) < 4.78 is 21.6. The Kier molecular flexibility index (Phi) is 6.66. The van der Waals surface area contributed by atoms with Crippen molar-refractivity contribution >= 4 is 16.8 Å². The first kappa shape index (κ1) is 24.5. The van der Waals surface area contributed by atoms with Crippen molar-refractivity contribution in [1.29, 1.82) is 0 Å². The molecule has 0 aliphatic carbocycles. The van der Waals surface area contributed by atoms with E-state index in [1.807, 2.05) is 45.9 Å². The number of carbonyl (C=O) groups excluding carboxylic acids is 1. The van der Waals surface area contributed by atoms with Crippen molar-refractivity contribution < 1.29 is 13.9 Å². The van der Waals surface area contributed by atoms with Crippen LogP contribution >= 0.6 is 0 Å². The smallest absolute Gasteiger partial charge is 0.225 e. The van der Waals surface area contributed by atoms with Crippen LogP contribution in [-0.4, -0.2) is 21.7 Å². The lowest BCUT2D eigenvalue weighted by Gasteiger charge is -2.30. The molecule has 0 spiro atoms. The van der Waals surface area contributed by atoms with Crippen LogP contribution in [0.25, 0.3) is 16.6 Å². The lowest BCUT2D eigenvalue weighted by Crippen LogP contribution is -2.44. The van der Waals surface area contributed by atoms with E-state index in [-0.39, 0.29) is 23.9 Å². The van der Waals surface area contributed by atoms with Gasteiger partial charge in [0.1, 0.15) is 17.7 Å². The summed E-state index contributed by atoms with van der Waals surface area (Å²) >= 11 is 0. The van der Waals surface area contributed by atoms with Gasteiger partial charge in [0.15, 0.2) is 0 Å². The highest BCUT2D eigenvalue weighted by Crippen LogP contribution is 2.31. The largest absolute Gasteiger partial charge is 0.484 e. The normalized spacial score (nSPS) is 13.5. The Morgan fingerprint density at radius 1 is 1.03 bits per heavy atom. The maximum Gasteiger partial charge on any atom is 0.225 e. The first-order valence-electron chi connectivity index (χ1n) is 11.8. The van der Waals surface area contributed by atoms with E-state index >= 15 is 0 Å². The lowest BCUT2D eigenvalue weighted by molar-refractivity contribution is -0.129. The standard InChI is InChI=1S/C29H32FN3O2/c1-18-7-13-25(19(2)15-18)27(20(3)32-28(34)29(4,5)6)35-24-12-14-26-21(16-24)17-31-33(26)23-10-8-22(30)9-11-23/h7-17,20,27H,1-6H3,(H,32,34). The Bertz CT molecular complexity index is 1350. The van der Waals surface area contributed by atoms with E-state index in [1.165, 1.54) is 17.7 Å². The van der Waals surface area contributed by atoms with E-state index in [2.05, 4.69) is 42.5 Å². The van der Waals surface area contributed by atoms with E-state index in [0.29, 0.717) is 5.75 Å². The summed E-state index contributed by atoms with van der Waals surface area (Å²) in [4.78, 5) is 12.7. The maximum atomic E-state index is 13.3. The number of nitrogens with zero attached hydrogens (tertiary/aromatic N) is 2. The van der Waals surface area contributed by atoms with Gasteiger partial charge in [-0.1, -0.05) is 44.5 Å². The molecule has 35 heavy (non-hydrogen) atoms. The van der Waals surface area contributed by atoms with E-state index in [1.54, 1.807) is 23.0 Å². The Morgan fingerprint density at radius 2 is 1.74 bits per heavy atom. The van der Waals surface area contributed by atoms with Gasteiger partial charge in [-0.15, -0.1) is 0 Å². The van der Waals surface area contributed by atoms with Crippen molar-refractivity contribution in [2.75, 3.05) is 0 Å². The van der Waals surface area contributed by atoms with Crippen molar-refractivity contribution in [3.05, 3.63) is 89.4 Å². The second kappa shape index (κ2) is 9.53. The van der Waals surface area contributed by atoms with Crippen molar-refractivity contribution in [2.45, 2.75) is 53.7 Å². The van der Waals surface area contributed by atoms with Crippen LogP contribution < -0.4 is 10.1 Å². The number of rotatable bonds is 6. The summed E-state index contributed by atoms with van der Waals surface area (Å²) in [7, 11) is 0. The third-order valence-electron chi connectivity index (χ3n) is 6.10. The average Bonchev–Trinajstić information content (AvgIpc) is 3.21. The third-order valence-corrected chi connectivity index (χ3v) is 6.10. The Balaban J connectivity index is 1.67. The molecule has 5 nitrogen and oxygen atoms in total. The van der Waals surface area contributed by atoms with Gasteiger partial charge in [-0.3, -0.25) is 4.79 Å². The number of ether oxygens (including phenoxy) is 1. The van der Waals surface area contributed by atoms with Crippen LogP contribution in [0.5, 0.6) is 5.75 Å². The van der Waals surface area contributed by atoms with Gasteiger partial charge < -0.3 is 10.1 Å². The molecule has 4 aromatic rings. The van der Waals surface area contributed by atoms with Crippen molar-refractivity contribution in [3.63, 3.8) is 0 Å². The average molecular weight is 474 g/mol. The number of hydrogen-bond donors (Lipinski definition) is 1. The van der Waals surface area contributed by atoms with Gasteiger partial charge in [-0.2, -0.15) is 5.10 Å². The molecule has 0 radical (unpaired) electrons.